The predicted octanol–water partition coefficient (Wildman–Crippen LogP) is 4.29. The van der Waals surface area contributed by atoms with Gasteiger partial charge in [0.05, 0.1) is 0 Å². The van der Waals surface area contributed by atoms with Gasteiger partial charge < -0.3 is 5.32 Å². The van der Waals surface area contributed by atoms with Gasteiger partial charge in [0.25, 0.3) is 0 Å². The Morgan fingerprint density at radius 2 is 1.68 bits per heavy atom. The van der Waals surface area contributed by atoms with E-state index in [2.05, 4.69) is 5.32 Å². The van der Waals surface area contributed by atoms with E-state index in [0.29, 0.717) is 13.1 Å². The summed E-state index contributed by atoms with van der Waals surface area (Å²) in [5.74, 6) is -7.23. The number of nitrogens with one attached hydrogen (secondary N) is 1. The molecule has 142 valence electrons. The van der Waals surface area contributed by atoms with Gasteiger partial charge in [-0.25, -0.2) is 22.0 Å². The number of rotatable bonds is 3. The standard InChI is InChI=1S/C17H21F5N2.ClH/c1-9-8-24(10(2)7-23-9)16(12-5-17(21,22)6-12)11-3-13(18)15(20)14(19)4-11;/h3-4,9-10,12,16,23H,5-8H2,1-2H3;1H/t9-,10+,16?;/m0./s1. The van der Waals surface area contributed by atoms with Crippen LogP contribution in [0, 0.1) is 23.4 Å². The van der Waals surface area contributed by atoms with Gasteiger partial charge in [0.2, 0.25) is 5.92 Å². The molecule has 8 heteroatoms. The molecule has 2 nitrogen and oxygen atoms in total. The van der Waals surface area contributed by atoms with E-state index in [1.165, 1.54) is 0 Å². The minimum absolute atomic E-state index is 0. The van der Waals surface area contributed by atoms with E-state index < -0.39 is 35.3 Å². The Balaban J connectivity index is 0.00000225. The van der Waals surface area contributed by atoms with Gasteiger partial charge in [-0.1, -0.05) is 0 Å². The summed E-state index contributed by atoms with van der Waals surface area (Å²) in [4.78, 5) is 2.01. The summed E-state index contributed by atoms with van der Waals surface area (Å²) in [5, 5.41) is 3.29. The molecule has 1 aromatic carbocycles. The summed E-state index contributed by atoms with van der Waals surface area (Å²) in [7, 11) is 0. The Bertz CT molecular complexity index is 596. The zero-order valence-corrected chi connectivity index (χ0v) is 14.9. The van der Waals surface area contributed by atoms with Crippen LogP contribution >= 0.6 is 12.4 Å². The van der Waals surface area contributed by atoms with Crippen LogP contribution in [0.15, 0.2) is 12.1 Å². The highest BCUT2D eigenvalue weighted by Gasteiger charge is 2.51. The second kappa shape index (κ2) is 7.37. The molecule has 0 amide bonds. The number of alkyl halides is 2. The minimum atomic E-state index is -2.73. The first-order valence-electron chi connectivity index (χ1n) is 8.19. The molecule has 3 rings (SSSR count). The molecule has 1 saturated heterocycles. The predicted molar refractivity (Wildman–Crippen MR) is 87.6 cm³/mol. The van der Waals surface area contributed by atoms with E-state index in [1.807, 2.05) is 18.7 Å². The Labute approximate surface area is 150 Å². The number of halogens is 6. The highest BCUT2D eigenvalue weighted by atomic mass is 35.5. The van der Waals surface area contributed by atoms with Crippen LogP contribution in [0.1, 0.15) is 38.3 Å². The van der Waals surface area contributed by atoms with E-state index in [4.69, 9.17) is 0 Å². The monoisotopic (exact) mass is 384 g/mol. The maximum absolute atomic E-state index is 13.7. The third kappa shape index (κ3) is 4.09. The van der Waals surface area contributed by atoms with Crippen molar-refractivity contribution < 1.29 is 22.0 Å². The van der Waals surface area contributed by atoms with Crippen LogP contribution in [0.3, 0.4) is 0 Å². The van der Waals surface area contributed by atoms with Crippen molar-refractivity contribution in [3.05, 3.63) is 35.1 Å². The van der Waals surface area contributed by atoms with Crippen LogP contribution in [0.2, 0.25) is 0 Å². The molecule has 1 aliphatic carbocycles. The maximum atomic E-state index is 13.7. The van der Waals surface area contributed by atoms with Crippen LogP contribution in [0.25, 0.3) is 0 Å². The van der Waals surface area contributed by atoms with Gasteiger partial charge in [0.1, 0.15) is 0 Å². The number of nitrogens with zero attached hydrogens (tertiary/aromatic N) is 1. The van der Waals surface area contributed by atoms with Gasteiger partial charge in [0, 0.05) is 44.1 Å². The second-order valence-electron chi connectivity index (χ2n) is 7.12. The molecule has 1 N–H and O–H groups in total. The molecule has 25 heavy (non-hydrogen) atoms. The molecule has 1 unspecified atom stereocenters. The van der Waals surface area contributed by atoms with Gasteiger partial charge in [-0.2, -0.15) is 0 Å². The Morgan fingerprint density at radius 3 is 2.20 bits per heavy atom. The lowest BCUT2D eigenvalue weighted by molar-refractivity contribution is -0.137. The van der Waals surface area contributed by atoms with E-state index in [0.717, 1.165) is 12.1 Å². The molecule has 1 aliphatic heterocycles. The Kier molecular flexibility index (Phi) is 6.01. The third-order valence-electron chi connectivity index (χ3n) is 5.09. The fourth-order valence-electron chi connectivity index (χ4n) is 3.85. The molecule has 2 aliphatic rings. The molecule has 1 aromatic rings. The van der Waals surface area contributed by atoms with Crippen molar-refractivity contribution in [3.63, 3.8) is 0 Å². The molecule has 0 aromatic heterocycles. The molecule has 0 radical (unpaired) electrons. The van der Waals surface area contributed by atoms with E-state index in [1.54, 1.807) is 0 Å². The van der Waals surface area contributed by atoms with Crippen molar-refractivity contribution in [2.45, 2.75) is 50.7 Å². The van der Waals surface area contributed by atoms with E-state index in [9.17, 15) is 22.0 Å². The SMILES string of the molecule is C[C@@H]1CN[C@@H](C)CN1C(c1cc(F)c(F)c(F)c1)C1CC(F)(F)C1.Cl. The van der Waals surface area contributed by atoms with Gasteiger partial charge in [-0.15, -0.1) is 12.4 Å². The average Bonchev–Trinajstić information content (AvgIpc) is 2.46. The molecule has 1 saturated carbocycles. The van der Waals surface area contributed by atoms with E-state index in [-0.39, 0.29) is 42.9 Å². The first-order valence-corrected chi connectivity index (χ1v) is 8.19. The molecular formula is C17H22ClF5N2. The third-order valence-corrected chi connectivity index (χ3v) is 5.09. The van der Waals surface area contributed by atoms with E-state index >= 15 is 0 Å². The largest absolute Gasteiger partial charge is 0.311 e. The highest BCUT2D eigenvalue weighted by molar-refractivity contribution is 5.85. The van der Waals surface area contributed by atoms with Crippen molar-refractivity contribution >= 4 is 12.4 Å². The number of piperazine rings is 1. The minimum Gasteiger partial charge on any atom is -0.311 e. The summed E-state index contributed by atoms with van der Waals surface area (Å²) < 4.78 is 67.4. The van der Waals surface area contributed by atoms with Crippen LogP contribution < -0.4 is 5.32 Å². The van der Waals surface area contributed by atoms with Gasteiger partial charge in [-0.3, -0.25) is 4.90 Å². The molecule has 0 spiro atoms. The molecule has 3 atom stereocenters. The van der Waals surface area contributed by atoms with Crippen LogP contribution in [0.4, 0.5) is 22.0 Å². The van der Waals surface area contributed by atoms with Crippen molar-refractivity contribution in [2.75, 3.05) is 13.1 Å². The molecule has 1 heterocycles. The zero-order chi connectivity index (χ0) is 17.6. The summed E-state index contributed by atoms with van der Waals surface area (Å²) in [5.41, 5.74) is 0.229. The highest BCUT2D eigenvalue weighted by Crippen LogP contribution is 2.51. The number of hydrogen-bond donors (Lipinski definition) is 1. The van der Waals surface area contributed by atoms with Crippen LogP contribution in [-0.2, 0) is 0 Å². The van der Waals surface area contributed by atoms with Gasteiger partial charge >= 0.3 is 0 Å². The molecule has 0 bridgehead atoms. The smallest absolute Gasteiger partial charge is 0.248 e. The number of hydrogen-bond acceptors (Lipinski definition) is 2. The van der Waals surface area contributed by atoms with Crippen LogP contribution in [0.5, 0.6) is 0 Å². The lowest BCUT2D eigenvalue weighted by Crippen LogP contribution is -2.58. The topological polar surface area (TPSA) is 15.3 Å². The summed E-state index contributed by atoms with van der Waals surface area (Å²) in [6.45, 7) is 5.15. The zero-order valence-electron chi connectivity index (χ0n) is 14.0. The molecular weight excluding hydrogens is 363 g/mol. The maximum Gasteiger partial charge on any atom is 0.248 e. The normalized spacial score (nSPS) is 28.1. The summed E-state index contributed by atoms with van der Waals surface area (Å²) in [6, 6.07) is 1.50. The van der Waals surface area contributed by atoms with Crippen molar-refractivity contribution in [2.24, 2.45) is 5.92 Å². The average molecular weight is 385 g/mol. The number of benzene rings is 1. The van der Waals surface area contributed by atoms with Gasteiger partial charge in [0.15, 0.2) is 17.5 Å². The van der Waals surface area contributed by atoms with Crippen molar-refractivity contribution in [3.8, 4) is 0 Å². The van der Waals surface area contributed by atoms with Crippen molar-refractivity contribution in [1.82, 2.24) is 10.2 Å². The van der Waals surface area contributed by atoms with Gasteiger partial charge in [-0.05, 0) is 37.5 Å². The Hall–Kier alpha value is -0.920. The second-order valence-corrected chi connectivity index (χ2v) is 7.12. The molecule has 2 fully saturated rings. The fourth-order valence-corrected chi connectivity index (χ4v) is 3.85. The lowest BCUT2D eigenvalue weighted by Gasteiger charge is -2.49. The fraction of sp³-hybridized carbons (Fsp3) is 0.647. The quantitative estimate of drug-likeness (QED) is 0.617. The first kappa shape index (κ1) is 20.4. The van der Waals surface area contributed by atoms with Crippen molar-refractivity contribution in [1.29, 1.82) is 0 Å². The lowest BCUT2D eigenvalue weighted by atomic mass is 9.73. The first-order chi connectivity index (χ1) is 11.2. The Morgan fingerprint density at radius 1 is 1.12 bits per heavy atom. The summed E-state index contributed by atoms with van der Waals surface area (Å²) >= 11 is 0. The summed E-state index contributed by atoms with van der Waals surface area (Å²) in [6.07, 6.45) is -0.632. The van der Waals surface area contributed by atoms with Crippen LogP contribution in [-0.4, -0.2) is 36.0 Å².